The summed E-state index contributed by atoms with van der Waals surface area (Å²) >= 11 is 0. The molecule has 0 radical (unpaired) electrons. The van der Waals surface area contributed by atoms with E-state index in [1.165, 1.54) is 0 Å². The normalized spacial score (nSPS) is 2.90. The lowest BCUT2D eigenvalue weighted by molar-refractivity contribution is 1.50. The Labute approximate surface area is 215 Å². The molecular weight excluding hydrogens is 372 g/mol. The Balaban J connectivity index is -0.00000000554. The zero-order valence-electron chi connectivity index (χ0n) is 30.0. The van der Waals surface area contributed by atoms with Crippen LogP contribution < -0.4 is 0 Å². The molecule has 0 aliphatic carbocycles. The topological polar surface area (TPSA) is 0 Å². The summed E-state index contributed by atoms with van der Waals surface area (Å²) in [4.78, 5) is 0. The third-order valence-electron chi connectivity index (χ3n) is 0. The van der Waals surface area contributed by atoms with Crippen LogP contribution in [-0.4, -0.2) is 0 Å². The first-order valence-corrected chi connectivity index (χ1v) is 15.0. The second kappa shape index (κ2) is 0. The summed E-state index contributed by atoms with van der Waals surface area (Å²) in [7, 11) is 0. The molecule has 0 saturated heterocycles. The maximum atomic E-state index is 2.00. The van der Waals surface area contributed by atoms with Crippen molar-refractivity contribution in [3.8, 4) is 0 Å². The number of hydrogen-bond acceptors (Lipinski definition) is 0. The van der Waals surface area contributed by atoms with Crippen molar-refractivity contribution in [2.45, 2.75) is 215 Å². The Hall–Kier alpha value is 0. The Morgan fingerprint density at radius 3 is 0.0968 bits per heavy atom. The molecule has 0 spiro atoms. The van der Waals surface area contributed by atoms with E-state index in [2.05, 4.69) is 0 Å². The van der Waals surface area contributed by atoms with Gasteiger partial charge in [-0.3, -0.25) is 0 Å². The van der Waals surface area contributed by atoms with Crippen molar-refractivity contribution in [3.05, 3.63) is 0 Å². The SMILES string of the molecule is C.CC.CC.CC.CC.CC.CC.CC.CC.CC.CC.CC.CC.CC.CC.CC. The fourth-order valence-electron chi connectivity index (χ4n) is 0. The van der Waals surface area contributed by atoms with E-state index in [9.17, 15) is 0 Å². The van der Waals surface area contributed by atoms with Crippen LogP contribution >= 0.6 is 0 Å². The van der Waals surface area contributed by atoms with E-state index in [1.807, 2.05) is 208 Å². The van der Waals surface area contributed by atoms with Crippen molar-refractivity contribution < 1.29 is 0 Å². The van der Waals surface area contributed by atoms with Crippen molar-refractivity contribution in [2.24, 2.45) is 0 Å². The van der Waals surface area contributed by atoms with Gasteiger partial charge in [0.05, 0.1) is 0 Å². The van der Waals surface area contributed by atoms with Crippen molar-refractivity contribution in [1.82, 2.24) is 0 Å². The molecule has 0 heteroatoms. The van der Waals surface area contributed by atoms with Crippen molar-refractivity contribution in [3.63, 3.8) is 0 Å². The molecule has 0 fully saturated rings. The maximum absolute atomic E-state index is 2.00. The Bertz CT molecular complexity index is 0. The Morgan fingerprint density at radius 1 is 0.0968 bits per heavy atom. The van der Waals surface area contributed by atoms with Gasteiger partial charge in [-0.15, -0.1) is 0 Å². The van der Waals surface area contributed by atoms with Gasteiger partial charge in [0.25, 0.3) is 0 Å². The number of rotatable bonds is 0. The van der Waals surface area contributed by atoms with E-state index in [-0.39, 0.29) is 7.43 Å². The van der Waals surface area contributed by atoms with Crippen LogP contribution in [0, 0.1) is 0 Å². The summed E-state index contributed by atoms with van der Waals surface area (Å²) in [5, 5.41) is 0. The summed E-state index contributed by atoms with van der Waals surface area (Å²) in [6.45, 7) is 60.0. The minimum atomic E-state index is 0. The minimum absolute atomic E-state index is 0. The standard InChI is InChI=1S/15C2H6.CH4/c15*1-2;/h15*1-2H3;1H4. The average Bonchev–Trinajstić information content (AvgIpc) is 3.00. The molecule has 0 nitrogen and oxygen atoms in total. The summed E-state index contributed by atoms with van der Waals surface area (Å²) in [5.74, 6) is 0. The largest absolute Gasteiger partial charge is 0.0776 e. The monoisotopic (exact) mass is 467 g/mol. The summed E-state index contributed by atoms with van der Waals surface area (Å²) in [6, 6.07) is 0. The molecule has 0 rings (SSSR count). The van der Waals surface area contributed by atoms with Crippen LogP contribution in [0.4, 0.5) is 0 Å². The molecule has 0 N–H and O–H groups in total. The van der Waals surface area contributed by atoms with E-state index >= 15 is 0 Å². The third kappa shape index (κ3) is 0. The molecule has 0 unspecified atom stereocenters. The highest BCUT2D eigenvalue weighted by Crippen LogP contribution is 1.17. The number of hydrogen-bond donors (Lipinski definition) is 0. The zero-order chi connectivity index (χ0) is 30.0. The molecule has 218 valence electrons. The van der Waals surface area contributed by atoms with Gasteiger partial charge >= 0.3 is 0 Å². The van der Waals surface area contributed by atoms with Gasteiger partial charge in [0.1, 0.15) is 0 Å². The molecule has 31 heavy (non-hydrogen) atoms. The van der Waals surface area contributed by atoms with Gasteiger partial charge in [0.15, 0.2) is 0 Å². The molecule has 0 atom stereocenters. The van der Waals surface area contributed by atoms with Gasteiger partial charge in [-0.05, 0) is 0 Å². The molecular formula is C31H94. The molecule has 0 saturated carbocycles. The quantitative estimate of drug-likeness (QED) is 0.333. The molecule has 0 aliphatic heterocycles. The molecule has 0 amide bonds. The first-order valence-electron chi connectivity index (χ1n) is 15.0. The molecule has 0 heterocycles. The average molecular weight is 467 g/mol. The third-order valence-corrected chi connectivity index (χ3v) is 0. The van der Waals surface area contributed by atoms with E-state index in [0.29, 0.717) is 0 Å². The Kier molecular flexibility index (Phi) is 0. The lowest BCUT2D eigenvalue weighted by atomic mass is 11.0. The first kappa shape index (κ1) is 124. The molecule has 0 aliphatic rings. The fourth-order valence-corrected chi connectivity index (χ4v) is 0. The second-order valence-electron chi connectivity index (χ2n) is 0. The second-order valence-corrected chi connectivity index (χ2v) is 0. The molecule has 0 aromatic rings. The smallest absolute Gasteiger partial charge is 0.0683 e. The van der Waals surface area contributed by atoms with Gasteiger partial charge in [-0.2, -0.15) is 0 Å². The van der Waals surface area contributed by atoms with E-state index in [0.717, 1.165) is 0 Å². The van der Waals surface area contributed by atoms with Crippen LogP contribution in [0.1, 0.15) is 215 Å². The predicted octanol–water partition coefficient (Wildman–Crippen LogP) is 16.0. The van der Waals surface area contributed by atoms with Crippen LogP contribution in [-0.2, 0) is 0 Å². The summed E-state index contributed by atoms with van der Waals surface area (Å²) in [5.41, 5.74) is 0. The van der Waals surface area contributed by atoms with E-state index in [4.69, 9.17) is 0 Å². The fraction of sp³-hybridized carbons (Fsp3) is 1.00. The predicted molar refractivity (Wildman–Crippen MR) is 177 cm³/mol. The summed E-state index contributed by atoms with van der Waals surface area (Å²) < 4.78 is 0. The highest BCUT2D eigenvalue weighted by molar-refractivity contribution is 3.53. The van der Waals surface area contributed by atoms with Crippen LogP contribution in [0.15, 0.2) is 0 Å². The van der Waals surface area contributed by atoms with Crippen LogP contribution in [0.5, 0.6) is 0 Å². The van der Waals surface area contributed by atoms with Gasteiger partial charge in [-0.25, -0.2) is 0 Å². The van der Waals surface area contributed by atoms with Crippen LogP contribution in [0.3, 0.4) is 0 Å². The van der Waals surface area contributed by atoms with Crippen LogP contribution in [0.2, 0.25) is 0 Å². The van der Waals surface area contributed by atoms with Gasteiger partial charge in [-0.1, -0.05) is 215 Å². The summed E-state index contributed by atoms with van der Waals surface area (Å²) in [6.07, 6.45) is 0. The van der Waals surface area contributed by atoms with Gasteiger partial charge < -0.3 is 0 Å². The van der Waals surface area contributed by atoms with Crippen molar-refractivity contribution >= 4 is 0 Å². The first-order chi connectivity index (χ1) is 15.0. The minimum Gasteiger partial charge on any atom is -0.0776 e. The lowest BCUT2D eigenvalue weighted by Crippen LogP contribution is -0.856. The zero-order valence-corrected chi connectivity index (χ0v) is 30.0. The van der Waals surface area contributed by atoms with Gasteiger partial charge in [0, 0.05) is 0 Å². The highest BCUT2D eigenvalue weighted by Gasteiger charge is 0.960. The van der Waals surface area contributed by atoms with E-state index in [1.54, 1.807) is 0 Å². The molecule has 0 aromatic carbocycles. The van der Waals surface area contributed by atoms with Gasteiger partial charge in [0.2, 0.25) is 0 Å². The van der Waals surface area contributed by atoms with Crippen LogP contribution in [0.25, 0.3) is 0 Å². The molecule has 0 bridgehead atoms. The maximum Gasteiger partial charge on any atom is -0.0683 e. The molecule has 0 aromatic heterocycles. The van der Waals surface area contributed by atoms with E-state index < -0.39 is 0 Å². The highest BCUT2D eigenvalue weighted by atomic mass is 13.0. The lowest BCUT2D eigenvalue weighted by Gasteiger charge is -1.07. The Morgan fingerprint density at radius 2 is 0.0968 bits per heavy atom. The van der Waals surface area contributed by atoms with Crippen molar-refractivity contribution in [2.75, 3.05) is 0 Å². The van der Waals surface area contributed by atoms with Crippen molar-refractivity contribution in [1.29, 1.82) is 0 Å².